The summed E-state index contributed by atoms with van der Waals surface area (Å²) in [5, 5.41) is 0. The summed E-state index contributed by atoms with van der Waals surface area (Å²) in [7, 11) is -3.70. The second kappa shape index (κ2) is 9.76. The van der Waals surface area contributed by atoms with Gasteiger partial charge in [-0.3, -0.25) is 0 Å². The topological polar surface area (TPSA) is 52.7 Å². The van der Waals surface area contributed by atoms with Gasteiger partial charge in [-0.1, -0.05) is 30.3 Å². The van der Waals surface area contributed by atoms with Gasteiger partial charge in [-0.25, -0.2) is 4.39 Å². The minimum absolute atomic E-state index is 0.141. The molecule has 170 valence electrons. The first-order valence-corrected chi connectivity index (χ1v) is 12.0. The monoisotopic (exact) mass is 477 g/mol. The largest absolute Gasteiger partial charge is 0.398 e. The van der Waals surface area contributed by atoms with Crippen LogP contribution in [0, 0.1) is 12.7 Å². The lowest BCUT2D eigenvalue weighted by Gasteiger charge is -2.35. The molecule has 2 aromatic carbocycles. The lowest BCUT2D eigenvalue weighted by atomic mass is 10.2. The van der Waals surface area contributed by atoms with Crippen molar-refractivity contribution in [3.8, 4) is 0 Å². The first-order valence-electron chi connectivity index (χ1n) is 9.58. The Morgan fingerprint density at radius 2 is 1.71 bits per heavy atom. The Labute approximate surface area is 183 Å². The summed E-state index contributed by atoms with van der Waals surface area (Å²) >= 11 is 0.616. The molecule has 1 heterocycles. The van der Waals surface area contributed by atoms with E-state index in [1.54, 1.807) is 11.8 Å². The van der Waals surface area contributed by atoms with Gasteiger partial charge in [0.25, 0.3) is 10.2 Å². The van der Waals surface area contributed by atoms with Crippen molar-refractivity contribution in [3.05, 3.63) is 59.4 Å². The minimum Gasteiger partial charge on any atom is -0.366 e. The van der Waals surface area contributed by atoms with Gasteiger partial charge in [0.2, 0.25) is 0 Å². The van der Waals surface area contributed by atoms with E-state index in [1.165, 1.54) is 16.4 Å². The van der Waals surface area contributed by atoms with Gasteiger partial charge in [0.05, 0.1) is 11.4 Å². The fourth-order valence-corrected chi connectivity index (χ4v) is 5.21. The third kappa shape index (κ3) is 6.58. The first kappa shape index (κ1) is 23.8. The number of piperazine rings is 1. The minimum atomic E-state index is -4.32. The Morgan fingerprint density at radius 1 is 1.06 bits per heavy atom. The molecule has 0 bridgehead atoms. The molecule has 1 fully saturated rings. The number of nitrogens with one attached hydrogen (secondary N) is 1. The molecule has 0 saturated carbocycles. The Balaban J connectivity index is 1.63. The van der Waals surface area contributed by atoms with E-state index in [2.05, 4.69) is 4.72 Å². The Hall–Kier alpha value is -1.82. The number of benzene rings is 2. The number of aryl methyl sites for hydroxylation is 1. The Morgan fingerprint density at radius 3 is 2.32 bits per heavy atom. The molecule has 11 heteroatoms. The molecule has 5 nitrogen and oxygen atoms in total. The van der Waals surface area contributed by atoms with Crippen LogP contribution in [0.1, 0.15) is 11.1 Å². The summed E-state index contributed by atoms with van der Waals surface area (Å²) in [5.74, 6) is -1.59. The van der Waals surface area contributed by atoms with E-state index in [0.29, 0.717) is 22.2 Å². The van der Waals surface area contributed by atoms with Crippen molar-refractivity contribution in [1.29, 1.82) is 0 Å². The van der Waals surface area contributed by atoms with E-state index in [-0.39, 0.29) is 38.4 Å². The lowest BCUT2D eigenvalue weighted by molar-refractivity contribution is -0.105. The van der Waals surface area contributed by atoms with Crippen molar-refractivity contribution in [2.24, 2.45) is 0 Å². The average Bonchev–Trinajstić information content (AvgIpc) is 2.72. The highest BCUT2D eigenvalue weighted by molar-refractivity contribution is 7.99. The molecule has 0 aliphatic carbocycles. The predicted molar refractivity (Wildman–Crippen MR) is 114 cm³/mol. The molecule has 1 saturated heterocycles. The van der Waals surface area contributed by atoms with Crippen molar-refractivity contribution < 1.29 is 26.0 Å². The van der Waals surface area contributed by atoms with Crippen LogP contribution in [-0.4, -0.2) is 50.8 Å². The summed E-state index contributed by atoms with van der Waals surface area (Å²) in [6, 6.07) is 11.7. The highest BCUT2D eigenvalue weighted by Gasteiger charge is 2.30. The van der Waals surface area contributed by atoms with Crippen LogP contribution in [0.5, 0.6) is 0 Å². The second-order valence-electron chi connectivity index (χ2n) is 7.17. The lowest BCUT2D eigenvalue weighted by Crippen LogP contribution is -2.52. The zero-order chi connectivity index (χ0) is 22.6. The number of halogens is 4. The number of alkyl halides is 3. The molecule has 0 radical (unpaired) electrons. The Bertz CT molecular complexity index is 993. The summed E-state index contributed by atoms with van der Waals surface area (Å²) in [6.45, 7) is 2.47. The molecular weight excluding hydrogens is 454 g/mol. The highest BCUT2D eigenvalue weighted by atomic mass is 32.2. The zero-order valence-electron chi connectivity index (χ0n) is 16.8. The summed E-state index contributed by atoms with van der Waals surface area (Å²) < 4.78 is 81.2. The third-order valence-corrected chi connectivity index (χ3v) is 7.63. The third-order valence-electron chi connectivity index (χ3n) is 4.86. The normalized spacial score (nSPS) is 16.0. The van der Waals surface area contributed by atoms with Gasteiger partial charge in [-0.15, -0.1) is 11.8 Å². The smallest absolute Gasteiger partial charge is 0.366 e. The van der Waals surface area contributed by atoms with Gasteiger partial charge in [0.1, 0.15) is 5.82 Å². The number of nitrogens with zero attached hydrogens (tertiary/aromatic N) is 2. The molecular formula is C20H23F4N3O2S2. The number of hydrogen-bond donors (Lipinski definition) is 1. The van der Waals surface area contributed by atoms with Gasteiger partial charge in [-0.05, 0) is 30.2 Å². The van der Waals surface area contributed by atoms with Crippen molar-refractivity contribution in [3.63, 3.8) is 0 Å². The van der Waals surface area contributed by atoms with E-state index in [0.717, 1.165) is 5.56 Å². The Kier molecular flexibility index (Phi) is 7.51. The van der Waals surface area contributed by atoms with Crippen LogP contribution in [0.2, 0.25) is 0 Å². The molecule has 0 spiro atoms. The first-order chi connectivity index (χ1) is 14.5. The summed E-state index contributed by atoms with van der Waals surface area (Å²) in [6.07, 6.45) is -4.32. The second-order valence-corrected chi connectivity index (χ2v) is 9.94. The van der Waals surface area contributed by atoms with Crippen LogP contribution in [-0.2, 0) is 16.8 Å². The van der Waals surface area contributed by atoms with Gasteiger partial charge >= 0.3 is 6.18 Å². The maximum atomic E-state index is 14.5. The molecule has 0 aromatic heterocycles. The number of anilines is 1. The zero-order valence-corrected chi connectivity index (χ0v) is 18.5. The molecule has 0 unspecified atom stereocenters. The fraction of sp³-hybridized carbons (Fsp3) is 0.400. The highest BCUT2D eigenvalue weighted by Crippen LogP contribution is 2.34. The molecule has 2 aromatic rings. The van der Waals surface area contributed by atoms with Crippen molar-refractivity contribution in [1.82, 2.24) is 9.03 Å². The molecule has 0 amide bonds. The maximum absolute atomic E-state index is 14.5. The standard InChI is InChI=1S/C20H23F4N3O2S2/c1-15-11-17(21)18(12-19(15)30-14-20(22,23)24)26-7-9-27(10-8-26)31(28,29)25-13-16-5-3-2-4-6-16/h2-6,11-12,25H,7-10,13-14H2,1H3. The average molecular weight is 478 g/mol. The number of thioether (sulfide) groups is 1. The van der Waals surface area contributed by atoms with Crippen LogP contribution < -0.4 is 9.62 Å². The fourth-order valence-electron chi connectivity index (χ4n) is 3.23. The predicted octanol–water partition coefficient (Wildman–Crippen LogP) is 3.95. The molecule has 1 aliphatic heterocycles. The molecule has 3 rings (SSSR count). The molecule has 1 aliphatic rings. The molecule has 31 heavy (non-hydrogen) atoms. The van der Waals surface area contributed by atoms with Crippen molar-refractivity contribution in [2.75, 3.05) is 36.8 Å². The summed E-state index contributed by atoms with van der Waals surface area (Å²) in [5.41, 5.74) is 1.45. The SMILES string of the molecule is Cc1cc(F)c(N2CCN(S(=O)(=O)NCc3ccccc3)CC2)cc1SCC(F)(F)F. The van der Waals surface area contributed by atoms with Gasteiger partial charge in [0.15, 0.2) is 0 Å². The van der Waals surface area contributed by atoms with E-state index in [4.69, 9.17) is 0 Å². The number of hydrogen-bond acceptors (Lipinski definition) is 4. The molecule has 0 atom stereocenters. The summed E-state index contributed by atoms with van der Waals surface area (Å²) in [4.78, 5) is 2.02. The maximum Gasteiger partial charge on any atom is 0.398 e. The van der Waals surface area contributed by atoms with E-state index in [9.17, 15) is 26.0 Å². The van der Waals surface area contributed by atoms with E-state index < -0.39 is 28.0 Å². The molecule has 1 N–H and O–H groups in total. The van der Waals surface area contributed by atoms with Gasteiger partial charge < -0.3 is 4.90 Å². The van der Waals surface area contributed by atoms with Crippen LogP contribution in [0.25, 0.3) is 0 Å². The van der Waals surface area contributed by atoms with Gasteiger partial charge in [-0.2, -0.15) is 30.6 Å². The van der Waals surface area contributed by atoms with Crippen LogP contribution in [0.4, 0.5) is 23.2 Å². The van der Waals surface area contributed by atoms with Crippen molar-refractivity contribution >= 4 is 27.7 Å². The van der Waals surface area contributed by atoms with Crippen molar-refractivity contribution in [2.45, 2.75) is 24.5 Å². The van der Waals surface area contributed by atoms with E-state index in [1.807, 2.05) is 30.3 Å². The van der Waals surface area contributed by atoms with E-state index >= 15 is 0 Å². The quantitative estimate of drug-likeness (QED) is 0.485. The number of rotatable bonds is 7. The van der Waals surface area contributed by atoms with Crippen LogP contribution in [0.3, 0.4) is 0 Å². The van der Waals surface area contributed by atoms with Gasteiger partial charge in [0, 0.05) is 37.6 Å². The van der Waals surface area contributed by atoms with Crippen LogP contribution >= 0.6 is 11.8 Å². The van der Waals surface area contributed by atoms with Crippen LogP contribution in [0.15, 0.2) is 47.4 Å².